The predicted octanol–water partition coefficient (Wildman–Crippen LogP) is 8.23. The van der Waals surface area contributed by atoms with Gasteiger partial charge in [-0.2, -0.15) is 9.97 Å². The second kappa shape index (κ2) is 24.4. The SMILES string of the molecule is CCc1c(F)ccc2cc(O)cc(-c3ncc4c(N5CCC[C@@](C)(O)C5)nc(OCC5(CN6CCN(C7CN(c8cnc(-c9cn([C@H](C(=O)N%10C[C@H](O)C[C@H]%10C(=O)N[C@@H](C)c%10ccc(-c%11scnc%11C)cc%10C)C(C)C)nn9)cn8)C7)CC6)CC5)nc4c3F)c12. The lowest BCUT2D eigenvalue weighted by atomic mass is 9.94. The standard InChI is InChI=1S/C66H77F2N15O6S/c1-8-46-50(67)13-11-41-23-44(84)24-48(55(41)46)57-56(68)58-49(26-71-57)61(80-17-9-14-65(7,88)33-80)75-64(74-58)89-35-66(15-16-66)34-78-18-20-79(21-19-78)43-29-81(30-43)54-28-69-51(27-70-54)52-32-83(77-76-52)59(37(2)3)63(87)82-31-45(85)25-53(82)62(86)73-39(5)47-12-10-42(22-38(47)4)60-40(6)72-36-90-60/h10-13,22-24,26-28,32,36-37,39,43,45,53,59,84-85,88H,8-9,14-21,25,29-31,33-35H2,1-7H3,(H,73,86)/t39-,45+,53-,59-,65+/m0/s1. The molecule has 24 heteroatoms. The number of halogens is 2. The summed E-state index contributed by atoms with van der Waals surface area (Å²) in [6.45, 7) is 20.7. The van der Waals surface area contributed by atoms with Gasteiger partial charge in [0, 0.05) is 95.1 Å². The highest BCUT2D eigenvalue weighted by atomic mass is 32.1. The van der Waals surface area contributed by atoms with Gasteiger partial charge in [-0.15, -0.1) is 16.4 Å². The number of nitrogens with zero attached hydrogens (tertiary/aromatic N) is 14. The first-order valence-electron chi connectivity index (χ1n) is 31.4. The van der Waals surface area contributed by atoms with E-state index in [2.05, 4.69) is 46.4 Å². The number of nitrogens with one attached hydrogen (secondary N) is 1. The highest BCUT2D eigenvalue weighted by molar-refractivity contribution is 7.13. The molecule has 2 amide bonds. The molecular formula is C66H77F2N15O6S. The molecule has 1 saturated carbocycles. The number of rotatable bonds is 18. The van der Waals surface area contributed by atoms with Crippen molar-refractivity contribution in [1.82, 2.24) is 64.9 Å². The summed E-state index contributed by atoms with van der Waals surface area (Å²) in [6.07, 6.45) is 9.51. The van der Waals surface area contributed by atoms with Gasteiger partial charge in [-0.05, 0) is 117 Å². The minimum Gasteiger partial charge on any atom is -0.508 e. The molecule has 5 aliphatic rings. The number of aromatic nitrogens is 9. The molecule has 0 bridgehead atoms. The largest absolute Gasteiger partial charge is 0.508 e. The Morgan fingerprint density at radius 2 is 1.70 bits per heavy atom. The Morgan fingerprint density at radius 3 is 2.40 bits per heavy atom. The van der Waals surface area contributed by atoms with E-state index in [9.17, 15) is 24.9 Å². The van der Waals surface area contributed by atoms with E-state index in [4.69, 9.17) is 24.7 Å². The molecule has 13 rings (SSSR count). The van der Waals surface area contributed by atoms with Crippen LogP contribution in [0.5, 0.6) is 11.8 Å². The summed E-state index contributed by atoms with van der Waals surface area (Å²) < 4.78 is 40.5. The average molecular weight is 1250 g/mol. The first kappa shape index (κ1) is 61.0. The Balaban J connectivity index is 0.613. The number of carbonyl (C=O) groups excluding carboxylic acids is 2. The second-order valence-electron chi connectivity index (χ2n) is 26.2. The number of benzene rings is 3. The van der Waals surface area contributed by atoms with Crippen LogP contribution in [0.15, 0.2) is 72.8 Å². The molecule has 21 nitrogen and oxygen atoms in total. The van der Waals surface area contributed by atoms with Crippen LogP contribution in [0.4, 0.5) is 20.4 Å². The topological polar surface area (TPSA) is 240 Å². The fraction of sp³-hybridized carbons (Fsp3) is 0.485. The zero-order chi connectivity index (χ0) is 62.9. The number of ether oxygens (including phenoxy) is 1. The average Bonchev–Trinajstić information content (AvgIpc) is 1.47. The van der Waals surface area contributed by atoms with Crippen molar-refractivity contribution in [1.29, 1.82) is 0 Å². The number of piperidine rings is 1. The fourth-order valence-corrected chi connectivity index (χ4v) is 14.7. The zero-order valence-corrected chi connectivity index (χ0v) is 52.7. The number of anilines is 2. The molecule has 4 saturated heterocycles. The Hall–Kier alpha value is -7.90. The first-order valence-corrected chi connectivity index (χ1v) is 32.3. The molecular weight excluding hydrogens is 1170 g/mol. The molecule has 9 heterocycles. The number of carbonyl (C=O) groups is 2. The summed E-state index contributed by atoms with van der Waals surface area (Å²) in [5, 5.41) is 46.1. The van der Waals surface area contributed by atoms with Crippen LogP contribution in [0.3, 0.4) is 0 Å². The number of aryl methyl sites for hydroxylation is 3. The second-order valence-corrected chi connectivity index (χ2v) is 27.0. The van der Waals surface area contributed by atoms with Gasteiger partial charge in [-0.3, -0.25) is 19.5 Å². The summed E-state index contributed by atoms with van der Waals surface area (Å²) in [4.78, 5) is 68.3. The van der Waals surface area contributed by atoms with Gasteiger partial charge in [0.2, 0.25) is 11.8 Å². The van der Waals surface area contributed by atoms with Crippen LogP contribution in [-0.4, -0.2) is 183 Å². The number of phenolic OH excluding ortho intramolecular Hbond substituents is 1. The lowest BCUT2D eigenvalue weighted by Crippen LogP contribution is -2.63. The summed E-state index contributed by atoms with van der Waals surface area (Å²) >= 11 is 1.59. The van der Waals surface area contributed by atoms with Gasteiger partial charge in [0.15, 0.2) is 5.82 Å². The number of aliphatic hydroxyl groups excluding tert-OH is 1. The van der Waals surface area contributed by atoms with Crippen LogP contribution in [0.25, 0.3) is 54.8 Å². The molecule has 5 aromatic heterocycles. The van der Waals surface area contributed by atoms with Crippen molar-refractivity contribution < 1.29 is 38.4 Å². The molecule has 1 aliphatic carbocycles. The molecule has 472 valence electrons. The molecule has 90 heavy (non-hydrogen) atoms. The number of hydrogen-bond acceptors (Lipinski definition) is 19. The van der Waals surface area contributed by atoms with E-state index in [1.807, 2.05) is 64.1 Å². The molecule has 4 N–H and O–H groups in total. The maximum Gasteiger partial charge on any atom is 0.319 e. The molecule has 0 unspecified atom stereocenters. The van der Waals surface area contributed by atoms with Gasteiger partial charge >= 0.3 is 6.01 Å². The molecule has 4 aliphatic heterocycles. The van der Waals surface area contributed by atoms with Crippen molar-refractivity contribution in [3.8, 4) is 44.8 Å². The van der Waals surface area contributed by atoms with E-state index < -0.39 is 35.4 Å². The highest BCUT2D eigenvalue weighted by Gasteiger charge is 2.47. The van der Waals surface area contributed by atoms with Gasteiger partial charge in [0.05, 0.1) is 64.4 Å². The number of phenols is 1. The van der Waals surface area contributed by atoms with Gasteiger partial charge in [0.1, 0.15) is 57.9 Å². The van der Waals surface area contributed by atoms with E-state index >= 15 is 8.78 Å². The highest BCUT2D eigenvalue weighted by Crippen LogP contribution is 2.47. The van der Waals surface area contributed by atoms with Crippen molar-refractivity contribution in [3.05, 3.63) is 107 Å². The number of thiazole rings is 1. The van der Waals surface area contributed by atoms with Crippen molar-refractivity contribution in [3.63, 3.8) is 0 Å². The molecule has 0 spiro atoms. The lowest BCUT2D eigenvalue weighted by molar-refractivity contribution is -0.142. The third kappa shape index (κ3) is 12.0. The number of pyridine rings is 1. The van der Waals surface area contributed by atoms with Gasteiger partial charge in [-0.25, -0.2) is 28.4 Å². The van der Waals surface area contributed by atoms with E-state index in [1.165, 1.54) is 34.0 Å². The number of fused-ring (bicyclic) bond motifs is 2. The number of β-amino-alcohol motifs (C(OH)–C–C–N with tert-alkyl or cyclic N) is 2. The smallest absolute Gasteiger partial charge is 0.319 e. The van der Waals surface area contributed by atoms with E-state index in [0.29, 0.717) is 77.4 Å². The summed E-state index contributed by atoms with van der Waals surface area (Å²) in [6, 6.07) is 10.4. The van der Waals surface area contributed by atoms with Gasteiger partial charge in [0.25, 0.3) is 0 Å². The monoisotopic (exact) mass is 1250 g/mol. The van der Waals surface area contributed by atoms with Gasteiger partial charge in [-0.1, -0.05) is 50.3 Å². The number of aromatic hydroxyl groups is 1. The van der Waals surface area contributed by atoms with Crippen molar-refractivity contribution in [2.24, 2.45) is 11.3 Å². The normalized spacial score (nSPS) is 21.3. The number of aliphatic hydroxyl groups is 2. The Morgan fingerprint density at radius 1 is 0.900 bits per heavy atom. The quantitative estimate of drug-likeness (QED) is 0.0632. The van der Waals surface area contributed by atoms with E-state index in [0.717, 1.165) is 91.7 Å². The Bertz CT molecular complexity index is 4020. The minimum atomic E-state index is -0.987. The number of amides is 2. The van der Waals surface area contributed by atoms with E-state index in [-0.39, 0.29) is 77.2 Å². The van der Waals surface area contributed by atoms with Crippen LogP contribution in [-0.2, 0) is 16.0 Å². The fourth-order valence-electron chi connectivity index (χ4n) is 13.9. The van der Waals surface area contributed by atoms with Gasteiger partial charge < -0.3 is 45.0 Å². The third-order valence-electron chi connectivity index (χ3n) is 19.1. The van der Waals surface area contributed by atoms with E-state index in [1.54, 1.807) is 42.9 Å². The third-order valence-corrected chi connectivity index (χ3v) is 20.0. The summed E-state index contributed by atoms with van der Waals surface area (Å²) in [7, 11) is 0. The Kier molecular flexibility index (Phi) is 16.5. The zero-order valence-electron chi connectivity index (χ0n) is 51.9. The van der Waals surface area contributed by atoms with Crippen LogP contribution in [0.1, 0.15) is 101 Å². The molecule has 5 fully saturated rings. The molecule has 0 radical (unpaired) electrons. The van der Waals surface area contributed by atoms with Crippen LogP contribution >= 0.6 is 11.3 Å². The lowest BCUT2D eigenvalue weighted by Gasteiger charge is -2.48. The molecule has 8 aromatic rings. The maximum absolute atomic E-state index is 17.2. The van der Waals surface area contributed by atoms with Crippen molar-refractivity contribution >= 4 is 56.5 Å². The van der Waals surface area contributed by atoms with Crippen LogP contribution in [0.2, 0.25) is 0 Å². The number of hydrogen-bond donors (Lipinski definition) is 4. The first-order chi connectivity index (χ1) is 43.2. The van der Waals surface area contributed by atoms with Crippen molar-refractivity contribution in [2.75, 3.05) is 81.9 Å². The molecule has 3 aromatic carbocycles. The van der Waals surface area contributed by atoms with Crippen LogP contribution < -0.4 is 19.9 Å². The maximum atomic E-state index is 17.2. The molecule has 5 atom stereocenters. The van der Waals surface area contributed by atoms with Crippen molar-refractivity contribution in [2.45, 2.75) is 123 Å². The number of piperazine rings is 1. The summed E-state index contributed by atoms with van der Waals surface area (Å²) in [5.41, 5.74) is 6.30. The Labute approximate surface area is 525 Å². The van der Waals surface area contributed by atoms with Crippen LogP contribution in [0, 0.1) is 36.8 Å². The minimum absolute atomic E-state index is 0.00854. The number of likely N-dealkylation sites (tertiary alicyclic amines) is 1. The summed E-state index contributed by atoms with van der Waals surface area (Å²) in [5.74, 6) is -0.966. The predicted molar refractivity (Wildman–Crippen MR) is 339 cm³/mol.